The number of hydrogen-bond donors (Lipinski definition) is 1. The maximum atomic E-state index is 9.70. The van der Waals surface area contributed by atoms with Gasteiger partial charge in [-0.1, -0.05) is 22.0 Å². The van der Waals surface area contributed by atoms with Crippen LogP contribution in [0.15, 0.2) is 22.7 Å². The smallest absolute Gasteiger partial charge is 0.0782 e. The third-order valence-corrected chi connectivity index (χ3v) is 3.41. The first-order valence-corrected chi connectivity index (χ1v) is 6.09. The third-order valence-electron chi connectivity index (χ3n) is 2.92. The standard InChI is InChI=1S/C12H16BrNO/c1-8(15)11-6-3-9(13)7-12(11)14(2)10-4-5-10/h3,6-8,10,15H,4-5H2,1-2H3. The Bertz CT molecular complexity index is 361. The molecule has 0 bridgehead atoms. The minimum Gasteiger partial charge on any atom is -0.389 e. The molecule has 0 amide bonds. The molecule has 2 rings (SSSR count). The average Bonchev–Trinajstić information content (AvgIpc) is 2.99. The lowest BCUT2D eigenvalue weighted by Gasteiger charge is -2.23. The lowest BCUT2D eigenvalue weighted by Crippen LogP contribution is -2.21. The topological polar surface area (TPSA) is 23.5 Å². The van der Waals surface area contributed by atoms with E-state index in [9.17, 15) is 5.11 Å². The van der Waals surface area contributed by atoms with Gasteiger partial charge in [-0.2, -0.15) is 0 Å². The SMILES string of the molecule is CC(O)c1ccc(Br)cc1N(C)C1CC1. The maximum Gasteiger partial charge on any atom is 0.0782 e. The van der Waals surface area contributed by atoms with Crippen LogP contribution in [0.25, 0.3) is 0 Å². The van der Waals surface area contributed by atoms with Crippen molar-refractivity contribution >= 4 is 21.6 Å². The Labute approximate surface area is 99.0 Å². The molecule has 0 spiro atoms. The zero-order valence-corrected chi connectivity index (χ0v) is 10.7. The minimum atomic E-state index is -0.408. The molecule has 1 aromatic carbocycles. The van der Waals surface area contributed by atoms with Gasteiger partial charge in [0, 0.05) is 28.8 Å². The first-order chi connectivity index (χ1) is 7.09. The second-order valence-electron chi connectivity index (χ2n) is 4.22. The number of aliphatic hydroxyl groups is 1. The molecule has 0 saturated heterocycles. The van der Waals surface area contributed by atoms with E-state index in [1.54, 1.807) is 0 Å². The number of hydrogen-bond acceptors (Lipinski definition) is 2. The highest BCUT2D eigenvalue weighted by molar-refractivity contribution is 9.10. The van der Waals surface area contributed by atoms with Crippen LogP contribution in [-0.4, -0.2) is 18.2 Å². The summed E-state index contributed by atoms with van der Waals surface area (Å²) in [6.07, 6.45) is 2.12. The van der Waals surface area contributed by atoms with E-state index in [0.29, 0.717) is 6.04 Å². The van der Waals surface area contributed by atoms with Gasteiger partial charge < -0.3 is 10.0 Å². The van der Waals surface area contributed by atoms with Crippen molar-refractivity contribution in [1.29, 1.82) is 0 Å². The summed E-state index contributed by atoms with van der Waals surface area (Å²) in [5.41, 5.74) is 2.15. The van der Waals surface area contributed by atoms with E-state index in [1.165, 1.54) is 12.8 Å². The average molecular weight is 270 g/mol. The molecule has 0 radical (unpaired) electrons. The van der Waals surface area contributed by atoms with Crippen molar-refractivity contribution in [2.45, 2.75) is 31.9 Å². The summed E-state index contributed by atoms with van der Waals surface area (Å²) in [6, 6.07) is 6.71. The van der Waals surface area contributed by atoms with Gasteiger partial charge in [-0.25, -0.2) is 0 Å². The van der Waals surface area contributed by atoms with Crippen molar-refractivity contribution in [1.82, 2.24) is 0 Å². The number of aliphatic hydroxyl groups excluding tert-OH is 1. The Morgan fingerprint density at radius 3 is 2.67 bits per heavy atom. The van der Waals surface area contributed by atoms with Gasteiger partial charge in [0.1, 0.15) is 0 Å². The Balaban J connectivity index is 2.36. The van der Waals surface area contributed by atoms with Crippen LogP contribution in [0.2, 0.25) is 0 Å². The van der Waals surface area contributed by atoms with E-state index in [4.69, 9.17) is 0 Å². The third kappa shape index (κ3) is 2.34. The molecule has 82 valence electrons. The van der Waals surface area contributed by atoms with Crippen LogP contribution in [0.3, 0.4) is 0 Å². The van der Waals surface area contributed by atoms with Gasteiger partial charge in [0.15, 0.2) is 0 Å². The quantitative estimate of drug-likeness (QED) is 0.912. The molecule has 15 heavy (non-hydrogen) atoms. The van der Waals surface area contributed by atoms with Crippen molar-refractivity contribution in [3.8, 4) is 0 Å². The predicted octanol–water partition coefficient (Wildman–Crippen LogP) is 3.10. The molecule has 1 aromatic rings. The lowest BCUT2D eigenvalue weighted by molar-refractivity contribution is 0.199. The Morgan fingerprint density at radius 2 is 2.13 bits per heavy atom. The molecule has 1 atom stereocenters. The van der Waals surface area contributed by atoms with Crippen molar-refractivity contribution < 1.29 is 5.11 Å². The highest BCUT2D eigenvalue weighted by Gasteiger charge is 2.28. The highest BCUT2D eigenvalue weighted by Crippen LogP contribution is 2.35. The Kier molecular flexibility index (Phi) is 3.03. The molecule has 0 heterocycles. The number of rotatable bonds is 3. The fraction of sp³-hybridized carbons (Fsp3) is 0.500. The van der Waals surface area contributed by atoms with E-state index in [2.05, 4.69) is 33.9 Å². The first-order valence-electron chi connectivity index (χ1n) is 5.30. The molecular weight excluding hydrogens is 254 g/mol. The van der Waals surface area contributed by atoms with E-state index in [1.807, 2.05) is 19.1 Å². The highest BCUT2D eigenvalue weighted by atomic mass is 79.9. The van der Waals surface area contributed by atoms with Crippen LogP contribution in [0, 0.1) is 0 Å². The summed E-state index contributed by atoms with van der Waals surface area (Å²) < 4.78 is 1.06. The zero-order valence-electron chi connectivity index (χ0n) is 9.07. The van der Waals surface area contributed by atoms with E-state index in [-0.39, 0.29) is 0 Å². The van der Waals surface area contributed by atoms with Crippen LogP contribution in [0.1, 0.15) is 31.4 Å². The van der Waals surface area contributed by atoms with Gasteiger partial charge in [0.05, 0.1) is 6.10 Å². The van der Waals surface area contributed by atoms with Gasteiger partial charge in [0.25, 0.3) is 0 Å². The molecule has 1 aliphatic carbocycles. The summed E-state index contributed by atoms with van der Waals surface area (Å²) in [5, 5.41) is 9.70. The van der Waals surface area contributed by atoms with Crippen LogP contribution in [0.4, 0.5) is 5.69 Å². The molecule has 0 aromatic heterocycles. The zero-order chi connectivity index (χ0) is 11.0. The number of anilines is 1. The predicted molar refractivity (Wildman–Crippen MR) is 66.2 cm³/mol. The molecule has 0 aliphatic heterocycles. The van der Waals surface area contributed by atoms with Crippen molar-refractivity contribution in [3.05, 3.63) is 28.2 Å². The molecule has 1 N–H and O–H groups in total. The monoisotopic (exact) mass is 269 g/mol. The summed E-state index contributed by atoms with van der Waals surface area (Å²) in [5.74, 6) is 0. The van der Waals surface area contributed by atoms with Gasteiger partial charge in [-0.3, -0.25) is 0 Å². The van der Waals surface area contributed by atoms with Crippen LogP contribution in [0.5, 0.6) is 0 Å². The second-order valence-corrected chi connectivity index (χ2v) is 5.14. The normalized spacial score (nSPS) is 17.6. The summed E-state index contributed by atoms with van der Waals surface area (Å²) in [6.45, 7) is 1.81. The molecule has 1 saturated carbocycles. The van der Waals surface area contributed by atoms with E-state index in [0.717, 1.165) is 15.7 Å². The molecular formula is C12H16BrNO. The van der Waals surface area contributed by atoms with Crippen molar-refractivity contribution in [2.24, 2.45) is 0 Å². The van der Waals surface area contributed by atoms with Gasteiger partial charge in [-0.15, -0.1) is 0 Å². The maximum absolute atomic E-state index is 9.70. The van der Waals surface area contributed by atoms with Crippen LogP contribution < -0.4 is 4.90 Å². The second kappa shape index (κ2) is 4.14. The number of halogens is 1. The lowest BCUT2D eigenvalue weighted by atomic mass is 10.1. The fourth-order valence-corrected chi connectivity index (χ4v) is 2.18. The van der Waals surface area contributed by atoms with Crippen molar-refractivity contribution in [3.63, 3.8) is 0 Å². The molecule has 1 unspecified atom stereocenters. The number of benzene rings is 1. The summed E-state index contributed by atoms with van der Waals surface area (Å²) >= 11 is 3.47. The molecule has 1 fully saturated rings. The van der Waals surface area contributed by atoms with Crippen LogP contribution >= 0.6 is 15.9 Å². The first kappa shape index (κ1) is 11.0. The Morgan fingerprint density at radius 1 is 1.47 bits per heavy atom. The molecule has 1 aliphatic rings. The Hall–Kier alpha value is -0.540. The minimum absolute atomic E-state index is 0.408. The van der Waals surface area contributed by atoms with Gasteiger partial charge in [0.2, 0.25) is 0 Å². The fourth-order valence-electron chi connectivity index (χ4n) is 1.83. The van der Waals surface area contributed by atoms with Gasteiger partial charge in [-0.05, 0) is 31.9 Å². The summed E-state index contributed by atoms with van der Waals surface area (Å²) in [4.78, 5) is 2.27. The van der Waals surface area contributed by atoms with Gasteiger partial charge >= 0.3 is 0 Å². The largest absolute Gasteiger partial charge is 0.389 e. The van der Waals surface area contributed by atoms with E-state index < -0.39 is 6.10 Å². The van der Waals surface area contributed by atoms with Crippen LogP contribution in [-0.2, 0) is 0 Å². The van der Waals surface area contributed by atoms with Crippen molar-refractivity contribution in [2.75, 3.05) is 11.9 Å². The summed E-state index contributed by atoms with van der Waals surface area (Å²) in [7, 11) is 2.10. The van der Waals surface area contributed by atoms with E-state index >= 15 is 0 Å². The molecule has 2 nitrogen and oxygen atoms in total. The number of nitrogens with zero attached hydrogens (tertiary/aromatic N) is 1. The molecule has 3 heteroatoms.